The minimum Gasteiger partial charge on any atom is -0.497 e. The number of hydrogen-bond acceptors (Lipinski definition) is 3. The number of aromatic nitrogens is 1. The van der Waals surface area contributed by atoms with Crippen molar-refractivity contribution in [3.05, 3.63) is 59.3 Å². The lowest BCUT2D eigenvalue weighted by Crippen LogP contribution is -2.07. The van der Waals surface area contributed by atoms with Crippen molar-refractivity contribution in [3.8, 4) is 5.75 Å². The minimum absolute atomic E-state index is 0.0786. The molecular weight excluding hydrogens is 264 g/mol. The van der Waals surface area contributed by atoms with Crippen LogP contribution in [0.3, 0.4) is 0 Å². The van der Waals surface area contributed by atoms with E-state index in [-0.39, 0.29) is 5.78 Å². The van der Waals surface area contributed by atoms with Gasteiger partial charge in [-0.25, -0.2) is 0 Å². The van der Waals surface area contributed by atoms with Crippen LogP contribution in [0.5, 0.6) is 5.75 Å². The van der Waals surface area contributed by atoms with Gasteiger partial charge in [0.15, 0.2) is 5.78 Å². The molecule has 1 aromatic heterocycles. The first-order valence-corrected chi connectivity index (χ1v) is 6.66. The van der Waals surface area contributed by atoms with E-state index in [2.05, 4.69) is 4.98 Å². The molecule has 0 saturated heterocycles. The number of aryl methyl sites for hydroxylation is 1. The topological polar surface area (TPSA) is 68.1 Å². The summed E-state index contributed by atoms with van der Waals surface area (Å²) in [7, 11) is 1.61. The van der Waals surface area contributed by atoms with Crippen molar-refractivity contribution in [1.82, 2.24) is 4.98 Å². The van der Waals surface area contributed by atoms with E-state index in [1.807, 2.05) is 37.3 Å². The summed E-state index contributed by atoms with van der Waals surface area (Å²) < 4.78 is 5.23. The normalized spacial score (nSPS) is 10.8. The van der Waals surface area contributed by atoms with E-state index in [0.717, 1.165) is 16.5 Å². The third-order valence-corrected chi connectivity index (χ3v) is 3.67. The number of benzene rings is 2. The molecule has 0 spiro atoms. The Morgan fingerprint density at radius 1 is 1.24 bits per heavy atom. The number of hydrogen-bond donors (Lipinski definition) is 2. The molecule has 0 saturated carbocycles. The van der Waals surface area contributed by atoms with Crippen LogP contribution in [0.15, 0.2) is 42.6 Å². The number of nitrogens with one attached hydrogen (secondary N) is 1. The first-order valence-electron chi connectivity index (χ1n) is 6.66. The molecule has 0 bridgehead atoms. The fourth-order valence-electron chi connectivity index (χ4n) is 2.55. The number of fused-ring (bicyclic) bond motifs is 1. The van der Waals surface area contributed by atoms with Gasteiger partial charge in [0, 0.05) is 33.9 Å². The van der Waals surface area contributed by atoms with Gasteiger partial charge in [-0.2, -0.15) is 0 Å². The van der Waals surface area contributed by atoms with Gasteiger partial charge in [-0.3, -0.25) is 4.79 Å². The van der Waals surface area contributed by atoms with Crippen LogP contribution in [0.4, 0.5) is 5.69 Å². The van der Waals surface area contributed by atoms with Crippen LogP contribution in [0.2, 0.25) is 0 Å². The number of carbonyl (C=O) groups is 1. The number of H-pyrrole nitrogens is 1. The fourth-order valence-corrected chi connectivity index (χ4v) is 2.55. The van der Waals surface area contributed by atoms with Crippen molar-refractivity contribution in [2.24, 2.45) is 0 Å². The van der Waals surface area contributed by atoms with Gasteiger partial charge in [-0.15, -0.1) is 0 Å². The maximum atomic E-state index is 12.8. The average Bonchev–Trinajstić information content (AvgIpc) is 2.89. The van der Waals surface area contributed by atoms with Crippen molar-refractivity contribution in [1.29, 1.82) is 0 Å². The number of carbonyl (C=O) groups excluding carboxylic acids is 1. The molecular formula is C17H16N2O2. The Bertz CT molecular complexity index is 814. The van der Waals surface area contributed by atoms with Crippen LogP contribution < -0.4 is 10.5 Å². The largest absolute Gasteiger partial charge is 0.497 e. The van der Waals surface area contributed by atoms with Crippen molar-refractivity contribution in [3.63, 3.8) is 0 Å². The number of rotatable bonds is 3. The quantitative estimate of drug-likeness (QED) is 0.571. The SMILES string of the molecule is COc1ccc2[nH]cc(C(=O)c3c(C)cccc3N)c2c1. The molecule has 4 nitrogen and oxygen atoms in total. The van der Waals surface area contributed by atoms with Gasteiger partial charge in [0.05, 0.1) is 7.11 Å². The lowest BCUT2D eigenvalue weighted by molar-refractivity contribution is 0.104. The number of ketones is 1. The van der Waals surface area contributed by atoms with E-state index in [1.165, 1.54) is 0 Å². The molecule has 3 N–H and O–H groups in total. The second kappa shape index (κ2) is 4.98. The lowest BCUT2D eigenvalue weighted by Gasteiger charge is -2.08. The van der Waals surface area contributed by atoms with Crippen LogP contribution in [0.25, 0.3) is 10.9 Å². The minimum atomic E-state index is -0.0786. The molecule has 2 aromatic carbocycles. The zero-order valence-corrected chi connectivity index (χ0v) is 11.9. The highest BCUT2D eigenvalue weighted by Gasteiger charge is 2.18. The van der Waals surface area contributed by atoms with Crippen molar-refractivity contribution < 1.29 is 9.53 Å². The molecule has 0 aliphatic rings. The summed E-state index contributed by atoms with van der Waals surface area (Å²) in [4.78, 5) is 15.9. The first kappa shape index (κ1) is 13.2. The molecule has 0 radical (unpaired) electrons. The number of ether oxygens (including phenoxy) is 1. The second-order valence-corrected chi connectivity index (χ2v) is 4.98. The average molecular weight is 280 g/mol. The Kier molecular flexibility index (Phi) is 3.14. The fraction of sp³-hybridized carbons (Fsp3) is 0.118. The Morgan fingerprint density at radius 3 is 2.76 bits per heavy atom. The van der Waals surface area contributed by atoms with E-state index in [4.69, 9.17) is 10.5 Å². The Hall–Kier alpha value is -2.75. The molecule has 21 heavy (non-hydrogen) atoms. The third kappa shape index (κ3) is 2.14. The summed E-state index contributed by atoms with van der Waals surface area (Å²) >= 11 is 0. The second-order valence-electron chi connectivity index (χ2n) is 4.98. The van der Waals surface area contributed by atoms with Crippen molar-refractivity contribution in [2.45, 2.75) is 6.92 Å². The molecule has 4 heteroatoms. The summed E-state index contributed by atoms with van der Waals surface area (Å²) in [6.45, 7) is 1.89. The molecule has 106 valence electrons. The smallest absolute Gasteiger partial charge is 0.197 e. The molecule has 0 atom stereocenters. The maximum absolute atomic E-state index is 12.8. The highest BCUT2D eigenvalue weighted by molar-refractivity contribution is 6.19. The number of anilines is 1. The Balaban J connectivity index is 2.18. The predicted octanol–water partition coefficient (Wildman–Crippen LogP) is 3.30. The zero-order valence-electron chi connectivity index (χ0n) is 11.9. The summed E-state index contributed by atoms with van der Waals surface area (Å²) in [6, 6.07) is 11.1. The lowest BCUT2D eigenvalue weighted by atomic mass is 9.97. The first-order chi connectivity index (χ1) is 10.1. The number of aromatic amines is 1. The van der Waals surface area contributed by atoms with E-state index < -0.39 is 0 Å². The predicted molar refractivity (Wildman–Crippen MR) is 83.9 cm³/mol. The van der Waals surface area contributed by atoms with Crippen molar-refractivity contribution in [2.75, 3.05) is 12.8 Å². The van der Waals surface area contributed by atoms with Crippen LogP contribution in [0, 0.1) is 6.92 Å². The molecule has 1 heterocycles. The molecule has 0 unspecified atom stereocenters. The van der Waals surface area contributed by atoms with E-state index in [0.29, 0.717) is 22.6 Å². The molecule has 0 aliphatic heterocycles. The number of nitrogen functional groups attached to an aromatic ring is 1. The summed E-state index contributed by atoms with van der Waals surface area (Å²) in [5.41, 5.74) is 9.40. The van der Waals surface area contributed by atoms with E-state index in [9.17, 15) is 4.79 Å². The van der Waals surface area contributed by atoms with Crippen molar-refractivity contribution >= 4 is 22.4 Å². The standard InChI is InChI=1S/C17H16N2O2/c1-10-4-3-5-14(18)16(10)17(20)13-9-19-15-7-6-11(21-2)8-12(13)15/h3-9,19H,18H2,1-2H3. The van der Waals surface area contributed by atoms with Crippen LogP contribution in [0.1, 0.15) is 21.5 Å². The number of nitrogens with two attached hydrogens (primary N) is 1. The maximum Gasteiger partial charge on any atom is 0.197 e. The third-order valence-electron chi connectivity index (χ3n) is 3.67. The number of methoxy groups -OCH3 is 1. The van der Waals surface area contributed by atoms with Gasteiger partial charge in [0.1, 0.15) is 5.75 Å². The highest BCUT2D eigenvalue weighted by Crippen LogP contribution is 2.28. The van der Waals surface area contributed by atoms with Gasteiger partial charge in [0.25, 0.3) is 0 Å². The Morgan fingerprint density at radius 2 is 2.05 bits per heavy atom. The van der Waals surface area contributed by atoms with Gasteiger partial charge >= 0.3 is 0 Å². The Labute approximate surface area is 122 Å². The molecule has 0 aliphatic carbocycles. The van der Waals surface area contributed by atoms with Gasteiger partial charge < -0.3 is 15.5 Å². The monoisotopic (exact) mass is 280 g/mol. The molecule has 0 fully saturated rings. The summed E-state index contributed by atoms with van der Waals surface area (Å²) in [5.74, 6) is 0.638. The highest BCUT2D eigenvalue weighted by atomic mass is 16.5. The summed E-state index contributed by atoms with van der Waals surface area (Å²) in [6.07, 6.45) is 1.72. The van der Waals surface area contributed by atoms with Crippen LogP contribution in [-0.2, 0) is 0 Å². The zero-order chi connectivity index (χ0) is 15.0. The molecule has 3 rings (SSSR count). The van der Waals surface area contributed by atoms with Gasteiger partial charge in [-0.1, -0.05) is 12.1 Å². The van der Waals surface area contributed by atoms with Gasteiger partial charge in [0.2, 0.25) is 0 Å². The summed E-state index contributed by atoms with van der Waals surface area (Å²) in [5, 5.41) is 0.835. The molecule has 0 amide bonds. The molecule has 3 aromatic rings. The van der Waals surface area contributed by atoms with Crippen LogP contribution >= 0.6 is 0 Å². The van der Waals surface area contributed by atoms with Gasteiger partial charge in [-0.05, 0) is 36.8 Å². The van der Waals surface area contributed by atoms with E-state index >= 15 is 0 Å². The van der Waals surface area contributed by atoms with E-state index in [1.54, 1.807) is 19.4 Å². The van der Waals surface area contributed by atoms with Crippen LogP contribution in [-0.4, -0.2) is 17.9 Å².